The number of hydrogen-bond donors (Lipinski definition) is 2. The van der Waals surface area contributed by atoms with E-state index in [4.69, 9.17) is 20.6 Å². The Bertz CT molecular complexity index is 558. The van der Waals surface area contributed by atoms with Crippen molar-refractivity contribution in [3.63, 3.8) is 0 Å². The van der Waals surface area contributed by atoms with Crippen molar-refractivity contribution in [3.05, 3.63) is 23.8 Å². The Hall–Kier alpha value is -1.75. The molecule has 1 aromatic carbocycles. The molecule has 3 N–H and O–H groups in total. The zero-order valence-electron chi connectivity index (χ0n) is 12.7. The number of likely N-dealkylation sites (tertiary alicyclic amines) is 1. The number of amidine groups is 1. The summed E-state index contributed by atoms with van der Waals surface area (Å²) >= 11 is 0. The van der Waals surface area contributed by atoms with Crippen molar-refractivity contribution in [2.75, 3.05) is 13.8 Å². The number of ether oxygens (including phenoxy) is 2. The molecule has 21 heavy (non-hydrogen) atoms. The molecule has 1 fully saturated rings. The highest BCUT2D eigenvalue weighted by molar-refractivity contribution is 5.80. The van der Waals surface area contributed by atoms with Crippen LogP contribution < -0.4 is 15.2 Å². The van der Waals surface area contributed by atoms with Gasteiger partial charge in [0.2, 0.25) is 6.79 Å². The normalized spacial score (nSPS) is 26.6. The summed E-state index contributed by atoms with van der Waals surface area (Å²) in [5.41, 5.74) is 7.15. The summed E-state index contributed by atoms with van der Waals surface area (Å²) in [5, 5.41) is 8.30. The van der Waals surface area contributed by atoms with Gasteiger partial charge in [-0.05, 0) is 37.5 Å². The maximum absolute atomic E-state index is 8.30. The van der Waals surface area contributed by atoms with Crippen LogP contribution >= 0.6 is 0 Å². The van der Waals surface area contributed by atoms with Crippen molar-refractivity contribution in [1.29, 1.82) is 5.41 Å². The topological polar surface area (TPSA) is 71.6 Å². The molecular formula is C16H23N3O2. The first-order chi connectivity index (χ1) is 10.1. The second-order valence-electron chi connectivity index (χ2n) is 5.99. The molecular weight excluding hydrogens is 266 g/mol. The van der Waals surface area contributed by atoms with Crippen molar-refractivity contribution < 1.29 is 9.47 Å². The maximum atomic E-state index is 8.30. The summed E-state index contributed by atoms with van der Waals surface area (Å²) < 4.78 is 10.9. The molecule has 5 nitrogen and oxygen atoms in total. The fourth-order valence-corrected chi connectivity index (χ4v) is 3.56. The zero-order chi connectivity index (χ0) is 15.0. The second-order valence-corrected chi connectivity index (χ2v) is 5.99. The summed E-state index contributed by atoms with van der Waals surface area (Å²) in [7, 11) is 1.99. The molecule has 114 valence electrons. The third-order valence-electron chi connectivity index (χ3n) is 4.85. The van der Waals surface area contributed by atoms with Crippen LogP contribution in [0.2, 0.25) is 0 Å². The first-order valence-corrected chi connectivity index (χ1v) is 7.52. The zero-order valence-corrected chi connectivity index (χ0v) is 12.7. The van der Waals surface area contributed by atoms with E-state index in [1.54, 1.807) is 0 Å². The Morgan fingerprint density at radius 3 is 2.81 bits per heavy atom. The molecule has 0 bridgehead atoms. The van der Waals surface area contributed by atoms with Crippen molar-refractivity contribution in [3.8, 4) is 11.5 Å². The Labute approximate surface area is 125 Å². The van der Waals surface area contributed by atoms with Crippen molar-refractivity contribution in [1.82, 2.24) is 4.90 Å². The highest BCUT2D eigenvalue weighted by atomic mass is 16.7. The number of nitrogens with zero attached hydrogens (tertiary/aromatic N) is 1. The maximum Gasteiger partial charge on any atom is 0.231 e. The Kier molecular flexibility index (Phi) is 3.53. The summed E-state index contributed by atoms with van der Waals surface area (Å²) in [6.07, 6.45) is 3.88. The monoisotopic (exact) mass is 289 g/mol. The van der Waals surface area contributed by atoms with Gasteiger partial charge in [-0.15, -0.1) is 0 Å². The second kappa shape index (κ2) is 5.22. The molecule has 0 spiro atoms. The molecule has 3 rings (SSSR count). The van der Waals surface area contributed by atoms with E-state index >= 15 is 0 Å². The minimum Gasteiger partial charge on any atom is -0.454 e. The number of likely N-dealkylation sites (N-methyl/N-ethyl adjacent to an activating group) is 1. The Balaban J connectivity index is 2.10. The predicted molar refractivity (Wildman–Crippen MR) is 81.9 cm³/mol. The third kappa shape index (κ3) is 2.16. The van der Waals surface area contributed by atoms with Crippen LogP contribution in [0.25, 0.3) is 0 Å². The van der Waals surface area contributed by atoms with Gasteiger partial charge in [0.25, 0.3) is 0 Å². The average molecular weight is 289 g/mol. The minimum absolute atomic E-state index is 0.0821. The van der Waals surface area contributed by atoms with E-state index in [1.807, 2.05) is 26.1 Å². The molecule has 2 aliphatic rings. The van der Waals surface area contributed by atoms with Crippen molar-refractivity contribution in [2.24, 2.45) is 5.73 Å². The van der Waals surface area contributed by atoms with E-state index < -0.39 is 0 Å². The number of nitrogens with one attached hydrogen (secondary N) is 1. The van der Waals surface area contributed by atoms with Gasteiger partial charge in [0.15, 0.2) is 11.5 Å². The Morgan fingerprint density at radius 2 is 2.05 bits per heavy atom. The molecule has 0 amide bonds. The van der Waals surface area contributed by atoms with Gasteiger partial charge in [-0.25, -0.2) is 0 Å². The van der Waals surface area contributed by atoms with Crippen LogP contribution in [0.3, 0.4) is 0 Å². The molecule has 0 saturated carbocycles. The lowest BCUT2D eigenvalue weighted by Gasteiger charge is -2.45. The van der Waals surface area contributed by atoms with Crippen LogP contribution in [0.4, 0.5) is 0 Å². The molecule has 0 radical (unpaired) electrons. The lowest BCUT2D eigenvalue weighted by atomic mass is 9.78. The molecule has 1 saturated heterocycles. The van der Waals surface area contributed by atoms with Gasteiger partial charge in [-0.3, -0.25) is 5.41 Å². The predicted octanol–water partition coefficient (Wildman–Crippen LogP) is 2.44. The highest BCUT2D eigenvalue weighted by Crippen LogP contribution is 2.42. The fraction of sp³-hybridized carbons (Fsp3) is 0.562. The van der Waals surface area contributed by atoms with E-state index in [9.17, 15) is 0 Å². The molecule has 2 atom stereocenters. The van der Waals surface area contributed by atoms with Gasteiger partial charge < -0.3 is 20.1 Å². The van der Waals surface area contributed by atoms with Gasteiger partial charge in [0.05, 0.1) is 11.4 Å². The largest absolute Gasteiger partial charge is 0.454 e. The minimum atomic E-state index is -0.353. The first-order valence-electron chi connectivity index (χ1n) is 7.52. The van der Waals surface area contributed by atoms with Gasteiger partial charge in [0, 0.05) is 19.5 Å². The Morgan fingerprint density at radius 1 is 1.29 bits per heavy atom. The molecule has 5 heteroatoms. The van der Waals surface area contributed by atoms with Crippen molar-refractivity contribution >= 4 is 5.84 Å². The summed E-state index contributed by atoms with van der Waals surface area (Å²) in [6, 6.07) is 5.96. The van der Waals surface area contributed by atoms with Crippen LogP contribution in [0, 0.1) is 5.41 Å². The van der Waals surface area contributed by atoms with E-state index in [0.29, 0.717) is 5.84 Å². The lowest BCUT2D eigenvalue weighted by Crippen LogP contribution is -2.56. The van der Waals surface area contributed by atoms with Crippen LogP contribution in [0.15, 0.2) is 18.2 Å². The fourth-order valence-electron chi connectivity index (χ4n) is 3.56. The van der Waals surface area contributed by atoms with Crippen LogP contribution in [-0.2, 0) is 5.54 Å². The lowest BCUT2D eigenvalue weighted by molar-refractivity contribution is 0.156. The average Bonchev–Trinajstić information content (AvgIpc) is 2.87. The summed E-state index contributed by atoms with van der Waals surface area (Å²) in [5.74, 6) is 2.21. The van der Waals surface area contributed by atoms with Gasteiger partial charge in [0.1, 0.15) is 0 Å². The quantitative estimate of drug-likeness (QED) is 0.877. The number of fused-ring (bicyclic) bond motifs is 1. The number of rotatable bonds is 2. The highest BCUT2D eigenvalue weighted by Gasteiger charge is 2.42. The first kappa shape index (κ1) is 14.2. The molecule has 2 aliphatic heterocycles. The van der Waals surface area contributed by atoms with Gasteiger partial charge >= 0.3 is 0 Å². The van der Waals surface area contributed by atoms with Crippen LogP contribution in [0.5, 0.6) is 11.5 Å². The summed E-state index contributed by atoms with van der Waals surface area (Å²) in [4.78, 5) is 2.06. The molecule has 1 aromatic rings. The number of nitrogens with two attached hydrogens (primary N) is 1. The van der Waals surface area contributed by atoms with E-state index in [1.165, 1.54) is 0 Å². The number of hydrogen-bond acceptors (Lipinski definition) is 4. The SMILES string of the molecule is CC(N)C1(c2ccc3c(c2)OCO3)CCCCC(=N)N1C. The molecule has 0 aromatic heterocycles. The van der Waals surface area contributed by atoms with Gasteiger partial charge in [-0.1, -0.05) is 12.5 Å². The molecule has 2 heterocycles. The van der Waals surface area contributed by atoms with Crippen molar-refractivity contribution in [2.45, 2.75) is 44.2 Å². The molecule has 0 aliphatic carbocycles. The standard InChI is InChI=1S/C16H23N3O2/c1-11(17)16(8-4-3-5-15(18)19(16)2)12-6-7-13-14(9-12)21-10-20-13/h6-7,9,11,18H,3-5,8,10,17H2,1-2H3. The smallest absolute Gasteiger partial charge is 0.231 e. The van der Waals surface area contributed by atoms with E-state index in [-0.39, 0.29) is 18.4 Å². The summed E-state index contributed by atoms with van der Waals surface area (Å²) in [6.45, 7) is 2.30. The van der Waals surface area contributed by atoms with E-state index in [0.717, 1.165) is 42.7 Å². The number of benzene rings is 1. The van der Waals surface area contributed by atoms with Crippen LogP contribution in [-0.4, -0.2) is 30.6 Å². The molecule has 2 unspecified atom stereocenters. The van der Waals surface area contributed by atoms with Crippen LogP contribution in [0.1, 0.15) is 38.2 Å². The van der Waals surface area contributed by atoms with Gasteiger partial charge in [-0.2, -0.15) is 0 Å². The van der Waals surface area contributed by atoms with E-state index in [2.05, 4.69) is 11.0 Å². The third-order valence-corrected chi connectivity index (χ3v) is 4.85.